The van der Waals surface area contributed by atoms with E-state index in [9.17, 15) is 0 Å². The van der Waals surface area contributed by atoms with Crippen LogP contribution in [0.25, 0.3) is 11.5 Å². The first-order valence-electron chi connectivity index (χ1n) is 7.14. The molecule has 0 aliphatic carbocycles. The molecule has 3 heterocycles. The van der Waals surface area contributed by atoms with Crippen molar-refractivity contribution in [3.8, 4) is 11.5 Å². The average molecular weight is 291 g/mol. The number of aryl methyl sites for hydroxylation is 1. The van der Waals surface area contributed by atoms with Crippen molar-refractivity contribution >= 4 is 11.3 Å². The van der Waals surface area contributed by atoms with Crippen molar-refractivity contribution < 1.29 is 4.42 Å². The zero-order valence-corrected chi connectivity index (χ0v) is 12.9. The van der Waals surface area contributed by atoms with Gasteiger partial charge in [0.25, 0.3) is 0 Å². The fourth-order valence-electron chi connectivity index (χ4n) is 2.73. The van der Waals surface area contributed by atoms with Crippen LogP contribution in [0.5, 0.6) is 0 Å². The Labute approximate surface area is 123 Å². The van der Waals surface area contributed by atoms with Crippen LogP contribution in [0.4, 0.5) is 0 Å². The van der Waals surface area contributed by atoms with Crippen molar-refractivity contribution in [2.24, 2.45) is 0 Å². The van der Waals surface area contributed by atoms with Gasteiger partial charge in [0.1, 0.15) is 5.76 Å². The van der Waals surface area contributed by atoms with E-state index in [0.717, 1.165) is 42.5 Å². The second-order valence-electron chi connectivity index (χ2n) is 5.40. The molecule has 1 aliphatic rings. The SMILES string of the molecule is CNC1CCCN(Cc2nc(-c3ccsc3)oc2C)C1. The number of rotatable bonds is 4. The highest BCUT2D eigenvalue weighted by atomic mass is 32.1. The number of likely N-dealkylation sites (tertiary alicyclic amines) is 1. The standard InChI is InChI=1S/C15H21N3OS/c1-11-14(9-18-6-3-4-13(8-18)16-2)17-15(19-11)12-5-7-20-10-12/h5,7,10,13,16H,3-4,6,8-9H2,1-2H3. The van der Waals surface area contributed by atoms with E-state index in [-0.39, 0.29) is 0 Å². The van der Waals surface area contributed by atoms with Crippen molar-refractivity contribution in [1.29, 1.82) is 0 Å². The van der Waals surface area contributed by atoms with Gasteiger partial charge in [-0.15, -0.1) is 0 Å². The lowest BCUT2D eigenvalue weighted by molar-refractivity contribution is 0.185. The van der Waals surface area contributed by atoms with E-state index in [4.69, 9.17) is 4.42 Å². The summed E-state index contributed by atoms with van der Waals surface area (Å²) in [4.78, 5) is 7.14. The van der Waals surface area contributed by atoms with E-state index < -0.39 is 0 Å². The molecule has 1 saturated heterocycles. The van der Waals surface area contributed by atoms with E-state index in [0.29, 0.717) is 6.04 Å². The third-order valence-electron chi connectivity index (χ3n) is 3.95. The van der Waals surface area contributed by atoms with Gasteiger partial charge in [0.2, 0.25) is 5.89 Å². The zero-order chi connectivity index (χ0) is 13.9. The second kappa shape index (κ2) is 6.08. The van der Waals surface area contributed by atoms with Crippen LogP contribution in [0.3, 0.4) is 0 Å². The molecule has 2 aromatic heterocycles. The summed E-state index contributed by atoms with van der Waals surface area (Å²) in [6.07, 6.45) is 2.52. The predicted molar refractivity (Wildman–Crippen MR) is 81.9 cm³/mol. The van der Waals surface area contributed by atoms with Gasteiger partial charge in [-0.3, -0.25) is 4.90 Å². The molecule has 0 spiro atoms. The van der Waals surface area contributed by atoms with E-state index in [1.54, 1.807) is 11.3 Å². The minimum absolute atomic E-state index is 0.604. The minimum atomic E-state index is 0.604. The van der Waals surface area contributed by atoms with Gasteiger partial charge in [0, 0.05) is 30.1 Å². The van der Waals surface area contributed by atoms with Crippen LogP contribution in [-0.4, -0.2) is 36.1 Å². The maximum atomic E-state index is 5.81. The Kier molecular flexibility index (Phi) is 4.19. The van der Waals surface area contributed by atoms with E-state index in [1.807, 2.05) is 14.0 Å². The summed E-state index contributed by atoms with van der Waals surface area (Å²) in [7, 11) is 2.05. The van der Waals surface area contributed by atoms with Crippen LogP contribution in [0, 0.1) is 6.92 Å². The molecule has 1 atom stereocenters. The highest BCUT2D eigenvalue weighted by Crippen LogP contribution is 2.25. The number of hydrogen-bond acceptors (Lipinski definition) is 5. The van der Waals surface area contributed by atoms with Crippen LogP contribution in [0.1, 0.15) is 24.3 Å². The zero-order valence-electron chi connectivity index (χ0n) is 12.1. The molecular weight excluding hydrogens is 270 g/mol. The molecule has 108 valence electrons. The van der Waals surface area contributed by atoms with Crippen LogP contribution in [0.2, 0.25) is 0 Å². The van der Waals surface area contributed by atoms with Crippen LogP contribution in [0.15, 0.2) is 21.2 Å². The van der Waals surface area contributed by atoms with Crippen LogP contribution < -0.4 is 5.32 Å². The summed E-state index contributed by atoms with van der Waals surface area (Å²) in [6.45, 7) is 5.14. The summed E-state index contributed by atoms with van der Waals surface area (Å²) >= 11 is 1.67. The quantitative estimate of drug-likeness (QED) is 0.940. The van der Waals surface area contributed by atoms with Gasteiger partial charge < -0.3 is 9.73 Å². The molecule has 0 aromatic carbocycles. The molecule has 1 fully saturated rings. The summed E-state index contributed by atoms with van der Waals surface area (Å²) < 4.78 is 5.81. The Hall–Kier alpha value is -1.17. The van der Waals surface area contributed by atoms with Crippen molar-refractivity contribution in [3.05, 3.63) is 28.3 Å². The minimum Gasteiger partial charge on any atom is -0.441 e. The fourth-order valence-corrected chi connectivity index (χ4v) is 3.36. The van der Waals surface area contributed by atoms with Crippen molar-refractivity contribution in [1.82, 2.24) is 15.2 Å². The first-order valence-corrected chi connectivity index (χ1v) is 8.09. The second-order valence-corrected chi connectivity index (χ2v) is 6.18. The van der Waals surface area contributed by atoms with Gasteiger partial charge in [0.15, 0.2) is 0 Å². The molecule has 1 aliphatic heterocycles. The number of thiophene rings is 1. The van der Waals surface area contributed by atoms with E-state index in [1.165, 1.54) is 12.8 Å². The number of piperidine rings is 1. The highest BCUT2D eigenvalue weighted by Gasteiger charge is 2.21. The third kappa shape index (κ3) is 2.95. The molecule has 2 aromatic rings. The van der Waals surface area contributed by atoms with Gasteiger partial charge in [-0.25, -0.2) is 4.98 Å². The van der Waals surface area contributed by atoms with Gasteiger partial charge >= 0.3 is 0 Å². The first kappa shape index (κ1) is 13.8. The van der Waals surface area contributed by atoms with Gasteiger partial charge in [-0.05, 0) is 44.8 Å². The van der Waals surface area contributed by atoms with E-state index >= 15 is 0 Å². The number of aromatic nitrogens is 1. The smallest absolute Gasteiger partial charge is 0.227 e. The lowest BCUT2D eigenvalue weighted by atomic mass is 10.1. The largest absolute Gasteiger partial charge is 0.441 e. The number of oxazole rings is 1. The monoisotopic (exact) mass is 291 g/mol. The molecular formula is C15H21N3OS. The molecule has 0 amide bonds. The molecule has 0 radical (unpaired) electrons. The molecule has 20 heavy (non-hydrogen) atoms. The summed E-state index contributed by atoms with van der Waals surface area (Å²) in [5.41, 5.74) is 2.15. The number of likely N-dealkylation sites (N-methyl/N-ethyl adjacent to an activating group) is 1. The molecule has 4 nitrogen and oxygen atoms in total. The number of nitrogens with zero attached hydrogens (tertiary/aromatic N) is 2. The van der Waals surface area contributed by atoms with Gasteiger partial charge in [-0.2, -0.15) is 11.3 Å². The summed E-state index contributed by atoms with van der Waals surface area (Å²) in [5, 5.41) is 7.51. The normalized spacial score (nSPS) is 20.4. The molecule has 1 N–H and O–H groups in total. The van der Waals surface area contributed by atoms with Crippen LogP contribution in [-0.2, 0) is 6.54 Å². The first-order chi connectivity index (χ1) is 9.76. The molecule has 5 heteroatoms. The van der Waals surface area contributed by atoms with Crippen LogP contribution >= 0.6 is 11.3 Å². The van der Waals surface area contributed by atoms with Gasteiger partial charge in [-0.1, -0.05) is 0 Å². The Balaban J connectivity index is 1.71. The van der Waals surface area contributed by atoms with E-state index in [2.05, 4.69) is 32.0 Å². The topological polar surface area (TPSA) is 41.3 Å². The predicted octanol–water partition coefficient (Wildman–Crippen LogP) is 2.90. The highest BCUT2D eigenvalue weighted by molar-refractivity contribution is 7.08. The molecule has 3 rings (SSSR count). The average Bonchev–Trinajstić information content (AvgIpc) is 3.10. The third-order valence-corrected chi connectivity index (χ3v) is 4.63. The number of hydrogen-bond donors (Lipinski definition) is 1. The number of nitrogens with one attached hydrogen (secondary N) is 1. The molecule has 0 bridgehead atoms. The summed E-state index contributed by atoms with van der Waals surface area (Å²) in [6, 6.07) is 2.66. The Morgan fingerprint density at radius 1 is 1.55 bits per heavy atom. The lowest BCUT2D eigenvalue weighted by Gasteiger charge is -2.31. The maximum Gasteiger partial charge on any atom is 0.227 e. The Morgan fingerprint density at radius 3 is 3.20 bits per heavy atom. The molecule has 1 unspecified atom stereocenters. The van der Waals surface area contributed by atoms with Crippen molar-refractivity contribution in [2.45, 2.75) is 32.4 Å². The fraction of sp³-hybridized carbons (Fsp3) is 0.533. The Morgan fingerprint density at radius 2 is 2.45 bits per heavy atom. The summed E-state index contributed by atoms with van der Waals surface area (Å²) in [5.74, 6) is 1.69. The molecule has 0 saturated carbocycles. The maximum absolute atomic E-state index is 5.81. The Bertz CT molecular complexity index is 549. The van der Waals surface area contributed by atoms with Crippen molar-refractivity contribution in [3.63, 3.8) is 0 Å². The van der Waals surface area contributed by atoms with Crippen molar-refractivity contribution in [2.75, 3.05) is 20.1 Å². The van der Waals surface area contributed by atoms with Gasteiger partial charge in [0.05, 0.1) is 5.69 Å². The lowest BCUT2D eigenvalue weighted by Crippen LogP contribution is -2.44.